The standard InChI is InChI=1S/C14H18O3/c1-5-10-8-11(14(2,3)4)6-7-12(10)17-9-13(15)16/h5-8H,1,9H2,2-4H3,(H,15,16). The van der Waals surface area contributed by atoms with Crippen LogP contribution < -0.4 is 4.74 Å². The third kappa shape index (κ3) is 3.63. The van der Waals surface area contributed by atoms with E-state index in [2.05, 4.69) is 27.4 Å². The van der Waals surface area contributed by atoms with Gasteiger partial charge in [-0.2, -0.15) is 0 Å². The van der Waals surface area contributed by atoms with Gasteiger partial charge in [0, 0.05) is 5.56 Å². The summed E-state index contributed by atoms with van der Waals surface area (Å²) in [5.41, 5.74) is 2.03. The van der Waals surface area contributed by atoms with E-state index in [1.54, 1.807) is 12.1 Å². The molecule has 0 aromatic heterocycles. The molecule has 0 spiro atoms. The Kier molecular flexibility index (Phi) is 3.94. The summed E-state index contributed by atoms with van der Waals surface area (Å²) < 4.78 is 5.19. The maximum Gasteiger partial charge on any atom is 0.341 e. The van der Waals surface area contributed by atoms with Crippen molar-refractivity contribution >= 4 is 12.0 Å². The van der Waals surface area contributed by atoms with Gasteiger partial charge in [0.05, 0.1) is 0 Å². The number of hydrogen-bond donors (Lipinski definition) is 1. The fourth-order valence-electron chi connectivity index (χ4n) is 1.45. The number of rotatable bonds is 4. The van der Waals surface area contributed by atoms with Gasteiger partial charge in [0.15, 0.2) is 6.61 Å². The van der Waals surface area contributed by atoms with Crippen LogP contribution >= 0.6 is 0 Å². The first-order valence-electron chi connectivity index (χ1n) is 5.46. The first-order valence-corrected chi connectivity index (χ1v) is 5.46. The number of carboxylic acid groups (broad SMARTS) is 1. The van der Waals surface area contributed by atoms with Crippen molar-refractivity contribution < 1.29 is 14.6 Å². The Hall–Kier alpha value is -1.77. The largest absolute Gasteiger partial charge is 0.481 e. The predicted octanol–water partition coefficient (Wildman–Crippen LogP) is 3.09. The van der Waals surface area contributed by atoms with Crippen LogP contribution in [0, 0.1) is 0 Å². The van der Waals surface area contributed by atoms with E-state index in [4.69, 9.17) is 9.84 Å². The minimum Gasteiger partial charge on any atom is -0.481 e. The summed E-state index contributed by atoms with van der Waals surface area (Å²) in [5.74, 6) is -0.435. The van der Waals surface area contributed by atoms with E-state index in [1.807, 2.05) is 12.1 Å². The van der Waals surface area contributed by atoms with Gasteiger partial charge in [-0.1, -0.05) is 39.5 Å². The fraction of sp³-hybridized carbons (Fsp3) is 0.357. The van der Waals surface area contributed by atoms with Gasteiger partial charge >= 0.3 is 5.97 Å². The van der Waals surface area contributed by atoms with Crippen LogP contribution in [-0.2, 0) is 10.2 Å². The lowest BCUT2D eigenvalue weighted by Crippen LogP contribution is -2.13. The summed E-state index contributed by atoms with van der Waals surface area (Å²) >= 11 is 0. The van der Waals surface area contributed by atoms with Crippen molar-refractivity contribution in [1.82, 2.24) is 0 Å². The van der Waals surface area contributed by atoms with Crippen molar-refractivity contribution in [1.29, 1.82) is 0 Å². The molecular formula is C14H18O3. The molecule has 0 saturated heterocycles. The summed E-state index contributed by atoms with van der Waals surface area (Å²) in [4.78, 5) is 10.4. The van der Waals surface area contributed by atoms with E-state index in [0.717, 1.165) is 11.1 Å². The number of carboxylic acids is 1. The molecule has 1 aromatic carbocycles. The van der Waals surface area contributed by atoms with Crippen LogP contribution in [0.2, 0.25) is 0 Å². The van der Waals surface area contributed by atoms with Gasteiger partial charge in [0.25, 0.3) is 0 Å². The Bertz CT molecular complexity index is 428. The first-order chi connectivity index (χ1) is 7.84. The molecule has 0 atom stereocenters. The Morgan fingerprint density at radius 1 is 1.47 bits per heavy atom. The second-order valence-corrected chi connectivity index (χ2v) is 4.89. The fourth-order valence-corrected chi connectivity index (χ4v) is 1.45. The minimum atomic E-state index is -0.986. The van der Waals surface area contributed by atoms with Gasteiger partial charge in [0.2, 0.25) is 0 Å². The zero-order valence-corrected chi connectivity index (χ0v) is 10.5. The predicted molar refractivity (Wildman–Crippen MR) is 68.4 cm³/mol. The average Bonchev–Trinajstić information content (AvgIpc) is 2.24. The lowest BCUT2D eigenvalue weighted by molar-refractivity contribution is -0.139. The van der Waals surface area contributed by atoms with Gasteiger partial charge in [-0.05, 0) is 23.1 Å². The van der Waals surface area contributed by atoms with Gasteiger partial charge in [-0.15, -0.1) is 0 Å². The SMILES string of the molecule is C=Cc1cc(C(C)(C)C)ccc1OCC(=O)O. The van der Waals surface area contributed by atoms with Crippen LogP contribution in [0.25, 0.3) is 6.08 Å². The molecule has 3 heteroatoms. The monoisotopic (exact) mass is 234 g/mol. The van der Waals surface area contributed by atoms with E-state index < -0.39 is 5.97 Å². The Morgan fingerprint density at radius 2 is 2.12 bits per heavy atom. The van der Waals surface area contributed by atoms with Crippen LogP contribution in [-0.4, -0.2) is 17.7 Å². The molecular weight excluding hydrogens is 216 g/mol. The van der Waals surface area contributed by atoms with E-state index in [1.165, 1.54) is 0 Å². The van der Waals surface area contributed by atoms with Gasteiger partial charge in [-0.25, -0.2) is 4.79 Å². The lowest BCUT2D eigenvalue weighted by Gasteiger charge is -2.20. The van der Waals surface area contributed by atoms with E-state index >= 15 is 0 Å². The van der Waals surface area contributed by atoms with Crippen LogP contribution in [0.15, 0.2) is 24.8 Å². The molecule has 0 bridgehead atoms. The van der Waals surface area contributed by atoms with Crippen molar-refractivity contribution in [3.63, 3.8) is 0 Å². The third-order valence-corrected chi connectivity index (χ3v) is 2.45. The van der Waals surface area contributed by atoms with E-state index in [9.17, 15) is 4.79 Å². The summed E-state index contributed by atoms with van der Waals surface area (Å²) in [6.07, 6.45) is 1.67. The summed E-state index contributed by atoms with van der Waals surface area (Å²) in [7, 11) is 0. The molecule has 0 radical (unpaired) electrons. The average molecular weight is 234 g/mol. The number of hydrogen-bond acceptors (Lipinski definition) is 2. The number of aliphatic carboxylic acids is 1. The van der Waals surface area contributed by atoms with Crippen molar-refractivity contribution in [3.05, 3.63) is 35.9 Å². The summed E-state index contributed by atoms with van der Waals surface area (Å²) in [6, 6.07) is 5.72. The van der Waals surface area contributed by atoms with Gasteiger partial charge in [0.1, 0.15) is 5.75 Å². The highest BCUT2D eigenvalue weighted by atomic mass is 16.5. The van der Waals surface area contributed by atoms with E-state index in [-0.39, 0.29) is 12.0 Å². The number of ether oxygens (including phenoxy) is 1. The van der Waals surface area contributed by atoms with Gasteiger partial charge < -0.3 is 9.84 Å². The Labute approximate surface area is 102 Å². The Morgan fingerprint density at radius 3 is 2.59 bits per heavy atom. The van der Waals surface area contributed by atoms with E-state index in [0.29, 0.717) is 5.75 Å². The van der Waals surface area contributed by atoms with Crippen LogP contribution in [0.4, 0.5) is 0 Å². The molecule has 0 fully saturated rings. The maximum atomic E-state index is 10.4. The van der Waals surface area contributed by atoms with Crippen molar-refractivity contribution in [3.8, 4) is 5.75 Å². The topological polar surface area (TPSA) is 46.5 Å². The quantitative estimate of drug-likeness (QED) is 0.870. The highest BCUT2D eigenvalue weighted by Crippen LogP contribution is 2.28. The highest BCUT2D eigenvalue weighted by Gasteiger charge is 2.15. The molecule has 0 heterocycles. The van der Waals surface area contributed by atoms with Crippen molar-refractivity contribution in [2.24, 2.45) is 0 Å². The van der Waals surface area contributed by atoms with Crippen LogP contribution in [0.1, 0.15) is 31.9 Å². The highest BCUT2D eigenvalue weighted by molar-refractivity contribution is 5.69. The number of benzene rings is 1. The molecule has 0 saturated carbocycles. The smallest absolute Gasteiger partial charge is 0.341 e. The lowest BCUT2D eigenvalue weighted by atomic mass is 9.86. The molecule has 1 rings (SSSR count). The van der Waals surface area contributed by atoms with Gasteiger partial charge in [-0.3, -0.25) is 0 Å². The van der Waals surface area contributed by atoms with Crippen molar-refractivity contribution in [2.45, 2.75) is 26.2 Å². The maximum absolute atomic E-state index is 10.4. The second-order valence-electron chi connectivity index (χ2n) is 4.89. The summed E-state index contributed by atoms with van der Waals surface area (Å²) in [6.45, 7) is 9.73. The normalized spacial score (nSPS) is 11.0. The molecule has 1 aromatic rings. The molecule has 0 aliphatic heterocycles. The first kappa shape index (κ1) is 13.3. The number of carbonyl (C=O) groups is 1. The molecule has 0 aliphatic carbocycles. The molecule has 1 N–H and O–H groups in total. The van der Waals surface area contributed by atoms with Crippen LogP contribution in [0.5, 0.6) is 5.75 Å². The zero-order valence-electron chi connectivity index (χ0n) is 10.5. The molecule has 0 amide bonds. The second kappa shape index (κ2) is 5.04. The third-order valence-electron chi connectivity index (χ3n) is 2.45. The molecule has 0 unspecified atom stereocenters. The molecule has 3 nitrogen and oxygen atoms in total. The Balaban J connectivity index is 3.01. The minimum absolute atomic E-state index is 0.0447. The summed E-state index contributed by atoms with van der Waals surface area (Å²) in [5, 5.41) is 8.57. The van der Waals surface area contributed by atoms with Crippen molar-refractivity contribution in [2.75, 3.05) is 6.61 Å². The molecule has 0 aliphatic rings. The van der Waals surface area contributed by atoms with Crippen LogP contribution in [0.3, 0.4) is 0 Å². The zero-order chi connectivity index (χ0) is 13.1. The molecule has 17 heavy (non-hydrogen) atoms. The molecule has 92 valence electrons.